The van der Waals surface area contributed by atoms with Crippen molar-refractivity contribution in [2.45, 2.75) is 70.2 Å². The van der Waals surface area contributed by atoms with Crippen LogP contribution >= 0.6 is 0 Å². The minimum absolute atomic E-state index is 0.0919. The number of aryl methyl sites for hydroxylation is 1. The zero-order valence-electron chi connectivity index (χ0n) is 16.5. The lowest BCUT2D eigenvalue weighted by atomic mass is 9.69. The summed E-state index contributed by atoms with van der Waals surface area (Å²) in [4.78, 5) is 12.5. The fourth-order valence-electron chi connectivity index (χ4n) is 3.78. The summed E-state index contributed by atoms with van der Waals surface area (Å²) >= 11 is 0. The van der Waals surface area contributed by atoms with Gasteiger partial charge in [0.25, 0.3) is 10.1 Å². The molecule has 0 unspecified atom stereocenters. The Balaban J connectivity index is 1.85. The molecule has 2 bridgehead atoms. The highest BCUT2D eigenvalue weighted by Crippen LogP contribution is 2.47. The summed E-state index contributed by atoms with van der Waals surface area (Å²) in [6, 6.07) is 6.48. The van der Waals surface area contributed by atoms with Crippen molar-refractivity contribution in [3.63, 3.8) is 0 Å². The van der Waals surface area contributed by atoms with E-state index in [1.54, 1.807) is 12.1 Å². The van der Waals surface area contributed by atoms with Crippen LogP contribution in [-0.2, 0) is 28.6 Å². The molecule has 27 heavy (non-hydrogen) atoms. The van der Waals surface area contributed by atoms with E-state index in [9.17, 15) is 13.2 Å². The molecule has 0 N–H and O–H groups in total. The summed E-state index contributed by atoms with van der Waals surface area (Å²) in [5.41, 5.74) is 0.0929. The van der Waals surface area contributed by atoms with Crippen LogP contribution in [0, 0.1) is 18.3 Å². The van der Waals surface area contributed by atoms with Crippen molar-refractivity contribution in [1.29, 1.82) is 0 Å². The fraction of sp³-hybridized carbons (Fsp3) is 0.650. The zero-order chi connectivity index (χ0) is 20.0. The van der Waals surface area contributed by atoms with Crippen molar-refractivity contribution in [1.82, 2.24) is 0 Å². The van der Waals surface area contributed by atoms with Crippen molar-refractivity contribution in [3.05, 3.63) is 29.8 Å². The second-order valence-corrected chi connectivity index (χ2v) is 10.5. The molecule has 2 saturated heterocycles. The summed E-state index contributed by atoms with van der Waals surface area (Å²) in [6.07, 6.45) is -0.178. The lowest BCUT2D eigenvalue weighted by Gasteiger charge is -2.44. The van der Waals surface area contributed by atoms with Gasteiger partial charge in [0.1, 0.15) is 0 Å². The number of ether oxygens (including phenoxy) is 2. The standard InChI is InChI=1S/C20H28O6S/c1-13-6-8-14(9-7-13)27(22,23)26-16-11-20(5)12-24-18(21)15(16)10-17(20)25-19(2,3)4/h6-9,15-17H,10-12H2,1-5H3/t15-,16-,17-,20-/m0/s1. The Labute approximate surface area is 161 Å². The number of rotatable bonds is 4. The van der Waals surface area contributed by atoms with E-state index >= 15 is 0 Å². The Morgan fingerprint density at radius 1 is 1.19 bits per heavy atom. The summed E-state index contributed by atoms with van der Waals surface area (Å²) in [5, 5.41) is 0. The molecule has 3 aliphatic rings. The van der Waals surface area contributed by atoms with Crippen LogP contribution in [0.3, 0.4) is 0 Å². The first-order valence-corrected chi connectivity index (χ1v) is 10.6. The molecule has 6 nitrogen and oxygen atoms in total. The normalized spacial score (nSPS) is 31.4. The highest BCUT2D eigenvalue weighted by molar-refractivity contribution is 7.86. The monoisotopic (exact) mass is 396 g/mol. The third-order valence-corrected chi connectivity index (χ3v) is 6.61. The first-order chi connectivity index (χ1) is 12.4. The molecule has 0 radical (unpaired) electrons. The molecule has 1 aromatic carbocycles. The van der Waals surface area contributed by atoms with Gasteiger partial charge in [-0.15, -0.1) is 0 Å². The molecule has 0 aromatic heterocycles. The van der Waals surface area contributed by atoms with Gasteiger partial charge in [0.2, 0.25) is 0 Å². The van der Waals surface area contributed by atoms with Crippen molar-refractivity contribution >= 4 is 16.1 Å². The van der Waals surface area contributed by atoms with E-state index in [1.807, 2.05) is 34.6 Å². The molecule has 7 heteroatoms. The van der Waals surface area contributed by atoms with Crippen LogP contribution in [0.15, 0.2) is 29.2 Å². The Hall–Kier alpha value is -1.44. The van der Waals surface area contributed by atoms with E-state index < -0.39 is 33.5 Å². The molecule has 0 spiro atoms. The van der Waals surface area contributed by atoms with Gasteiger partial charge in [-0.25, -0.2) is 0 Å². The topological polar surface area (TPSA) is 78.9 Å². The van der Waals surface area contributed by atoms with Crippen LogP contribution in [0.4, 0.5) is 0 Å². The van der Waals surface area contributed by atoms with Crippen molar-refractivity contribution < 1.29 is 26.9 Å². The summed E-state index contributed by atoms with van der Waals surface area (Å²) in [5.74, 6) is -1.07. The predicted molar refractivity (Wildman–Crippen MR) is 99.7 cm³/mol. The summed E-state index contributed by atoms with van der Waals surface area (Å²) in [7, 11) is -3.97. The minimum Gasteiger partial charge on any atom is -0.465 e. The third-order valence-electron chi connectivity index (χ3n) is 5.26. The van der Waals surface area contributed by atoms with E-state index in [2.05, 4.69) is 0 Å². The number of carbonyl (C=O) groups is 1. The number of carbonyl (C=O) groups excluding carboxylic acids is 1. The molecule has 150 valence electrons. The first kappa shape index (κ1) is 20.3. The molecule has 2 heterocycles. The van der Waals surface area contributed by atoms with Gasteiger partial charge in [0.05, 0.1) is 35.2 Å². The predicted octanol–water partition coefficient (Wildman–Crippen LogP) is 3.23. The summed E-state index contributed by atoms with van der Waals surface area (Å²) in [6.45, 7) is 9.95. The van der Waals surface area contributed by atoms with E-state index in [0.717, 1.165) is 5.56 Å². The van der Waals surface area contributed by atoms with Gasteiger partial charge in [-0.1, -0.05) is 24.6 Å². The van der Waals surface area contributed by atoms with Crippen LogP contribution in [0.1, 0.15) is 46.1 Å². The number of benzene rings is 1. The zero-order valence-corrected chi connectivity index (χ0v) is 17.3. The average molecular weight is 397 g/mol. The number of hydrogen-bond donors (Lipinski definition) is 0. The van der Waals surface area contributed by atoms with Crippen molar-refractivity contribution in [2.24, 2.45) is 11.3 Å². The van der Waals surface area contributed by atoms with Gasteiger partial charge in [0.15, 0.2) is 0 Å². The Kier molecular flexibility index (Phi) is 5.16. The van der Waals surface area contributed by atoms with E-state index in [-0.39, 0.29) is 23.2 Å². The lowest BCUT2D eigenvalue weighted by molar-refractivity contribution is -0.153. The van der Waals surface area contributed by atoms with Gasteiger partial charge in [0, 0.05) is 5.41 Å². The number of esters is 1. The maximum Gasteiger partial charge on any atom is 0.311 e. The van der Waals surface area contributed by atoms with E-state index in [4.69, 9.17) is 13.7 Å². The van der Waals surface area contributed by atoms with Gasteiger partial charge in [-0.3, -0.25) is 8.98 Å². The number of fused-ring (bicyclic) bond motifs is 4. The average Bonchev–Trinajstić information content (AvgIpc) is 2.72. The Bertz CT molecular complexity index is 808. The maximum absolute atomic E-state index is 12.7. The quantitative estimate of drug-likeness (QED) is 0.574. The molecule has 3 fully saturated rings. The van der Waals surface area contributed by atoms with Gasteiger partial charge < -0.3 is 9.47 Å². The van der Waals surface area contributed by atoms with E-state index in [0.29, 0.717) is 12.8 Å². The fourth-order valence-corrected chi connectivity index (χ4v) is 4.89. The smallest absolute Gasteiger partial charge is 0.311 e. The molecule has 1 aromatic rings. The highest BCUT2D eigenvalue weighted by Gasteiger charge is 2.54. The second kappa shape index (κ2) is 6.87. The first-order valence-electron chi connectivity index (χ1n) is 9.24. The van der Waals surface area contributed by atoms with Crippen molar-refractivity contribution in [2.75, 3.05) is 6.61 Å². The van der Waals surface area contributed by atoms with E-state index in [1.165, 1.54) is 12.1 Å². The van der Waals surface area contributed by atoms with Crippen LogP contribution in [-0.4, -0.2) is 38.8 Å². The van der Waals surface area contributed by atoms with Gasteiger partial charge in [-0.2, -0.15) is 8.42 Å². The third kappa shape index (κ3) is 4.36. The molecule has 1 saturated carbocycles. The second-order valence-electron chi connectivity index (χ2n) is 8.93. The highest BCUT2D eigenvalue weighted by atomic mass is 32.2. The largest absolute Gasteiger partial charge is 0.465 e. The molecule has 4 rings (SSSR count). The molecule has 4 atom stereocenters. The van der Waals surface area contributed by atoms with Crippen LogP contribution in [0.5, 0.6) is 0 Å². The SMILES string of the molecule is Cc1ccc(S(=O)(=O)O[C@H]2C[C@@]3(C)COC(=O)[C@H]2C[C@@H]3OC(C)(C)C)cc1. The lowest BCUT2D eigenvalue weighted by Crippen LogP contribution is -2.50. The van der Waals surface area contributed by atoms with Gasteiger partial charge in [-0.05, 0) is 52.7 Å². The molecule has 2 aliphatic heterocycles. The van der Waals surface area contributed by atoms with Crippen molar-refractivity contribution in [3.8, 4) is 0 Å². The molecule has 0 amide bonds. The van der Waals surface area contributed by atoms with Crippen LogP contribution in [0.25, 0.3) is 0 Å². The van der Waals surface area contributed by atoms with Crippen LogP contribution < -0.4 is 0 Å². The Morgan fingerprint density at radius 3 is 2.41 bits per heavy atom. The molecular weight excluding hydrogens is 368 g/mol. The number of hydrogen-bond acceptors (Lipinski definition) is 6. The molecule has 1 aliphatic carbocycles. The summed E-state index contributed by atoms with van der Waals surface area (Å²) < 4.78 is 42.6. The molecular formula is C20H28O6S. The maximum atomic E-state index is 12.7. The Morgan fingerprint density at radius 2 is 1.81 bits per heavy atom. The van der Waals surface area contributed by atoms with Crippen LogP contribution in [0.2, 0.25) is 0 Å². The minimum atomic E-state index is -3.97. The van der Waals surface area contributed by atoms with Gasteiger partial charge >= 0.3 is 5.97 Å².